The Morgan fingerprint density at radius 1 is 0.935 bits per heavy atom. The number of benzene rings is 2. The summed E-state index contributed by atoms with van der Waals surface area (Å²) in [6.07, 6.45) is 2.87. The second-order valence-electron chi connectivity index (χ2n) is 7.92. The van der Waals surface area contributed by atoms with E-state index in [2.05, 4.69) is 11.4 Å². The molecule has 2 aromatic carbocycles. The fraction of sp³-hybridized carbons (Fsp3) is 0.308. The number of anilines is 1. The third-order valence-electron chi connectivity index (χ3n) is 5.06. The summed E-state index contributed by atoms with van der Waals surface area (Å²) in [5, 5.41) is 2.98. The molecule has 1 aromatic heterocycles. The number of rotatable bonds is 8. The maximum absolute atomic E-state index is 12.4. The molecule has 0 unspecified atom stereocenters. The van der Waals surface area contributed by atoms with Crippen LogP contribution >= 0.6 is 0 Å². The van der Waals surface area contributed by atoms with Crippen LogP contribution in [0.1, 0.15) is 46.8 Å². The van der Waals surface area contributed by atoms with Crippen molar-refractivity contribution in [2.24, 2.45) is 0 Å². The summed E-state index contributed by atoms with van der Waals surface area (Å²) in [7, 11) is 0. The third kappa shape index (κ3) is 6.07. The van der Waals surface area contributed by atoms with Gasteiger partial charge in [0.05, 0.1) is 12.2 Å². The molecule has 0 aliphatic heterocycles. The highest BCUT2D eigenvalue weighted by Crippen LogP contribution is 2.24. The zero-order valence-corrected chi connectivity index (χ0v) is 18.7. The Balaban J connectivity index is 1.70. The number of aromatic nitrogens is 1. The van der Waals surface area contributed by atoms with Crippen LogP contribution in [0, 0.1) is 20.8 Å². The normalized spacial score (nSPS) is 10.7. The molecule has 1 N–H and O–H groups in total. The van der Waals surface area contributed by atoms with Crippen molar-refractivity contribution in [2.75, 3.05) is 11.9 Å². The van der Waals surface area contributed by atoms with Gasteiger partial charge in [-0.25, -0.2) is 4.79 Å². The molecular formula is C26H30N2O3. The van der Waals surface area contributed by atoms with Gasteiger partial charge in [0.15, 0.2) is 0 Å². The van der Waals surface area contributed by atoms with Gasteiger partial charge in [0.1, 0.15) is 0 Å². The van der Waals surface area contributed by atoms with Crippen molar-refractivity contribution < 1.29 is 14.3 Å². The topological polar surface area (TPSA) is 60.3 Å². The third-order valence-corrected chi connectivity index (χ3v) is 5.06. The van der Waals surface area contributed by atoms with E-state index in [0.717, 1.165) is 28.1 Å². The fourth-order valence-corrected chi connectivity index (χ4v) is 3.67. The smallest absolute Gasteiger partial charge is 0.339 e. The number of nitrogens with zero attached hydrogens (tertiary/aromatic N) is 1. The number of aryl methyl sites for hydroxylation is 4. The highest BCUT2D eigenvalue weighted by atomic mass is 16.5. The van der Waals surface area contributed by atoms with Crippen LogP contribution in [0.5, 0.6) is 0 Å². The lowest BCUT2D eigenvalue weighted by atomic mass is 10.1. The van der Waals surface area contributed by atoms with Crippen LogP contribution in [0.25, 0.3) is 11.3 Å². The average molecular weight is 419 g/mol. The lowest BCUT2D eigenvalue weighted by molar-refractivity contribution is -0.116. The van der Waals surface area contributed by atoms with Gasteiger partial charge >= 0.3 is 5.97 Å². The van der Waals surface area contributed by atoms with Gasteiger partial charge in [-0.05, 0) is 69.0 Å². The molecule has 0 spiro atoms. The summed E-state index contributed by atoms with van der Waals surface area (Å²) in [6.45, 7) is 8.83. The predicted molar refractivity (Wildman–Crippen MR) is 124 cm³/mol. The van der Waals surface area contributed by atoms with E-state index in [1.54, 1.807) is 6.92 Å². The lowest BCUT2D eigenvalue weighted by Crippen LogP contribution is -2.12. The minimum Gasteiger partial charge on any atom is -0.462 e. The van der Waals surface area contributed by atoms with E-state index in [-0.39, 0.29) is 11.9 Å². The van der Waals surface area contributed by atoms with Gasteiger partial charge in [0.2, 0.25) is 5.91 Å². The Labute approximate surface area is 184 Å². The Hall–Kier alpha value is -3.34. The first-order valence-electron chi connectivity index (χ1n) is 10.7. The number of carbonyl (C=O) groups is 2. The number of amides is 1. The molecule has 0 saturated heterocycles. The predicted octanol–water partition coefficient (Wildman–Crippen LogP) is 5.68. The van der Waals surface area contributed by atoms with Crippen LogP contribution in [-0.4, -0.2) is 23.1 Å². The Bertz CT molecular complexity index is 1040. The average Bonchev–Trinajstić information content (AvgIpc) is 3.12. The summed E-state index contributed by atoms with van der Waals surface area (Å²) >= 11 is 0. The Morgan fingerprint density at radius 2 is 1.61 bits per heavy atom. The number of hydrogen-bond acceptors (Lipinski definition) is 3. The van der Waals surface area contributed by atoms with Crippen LogP contribution in [-0.2, 0) is 16.1 Å². The van der Waals surface area contributed by atoms with Crippen LogP contribution in [0.15, 0.2) is 54.7 Å². The van der Waals surface area contributed by atoms with Crippen molar-refractivity contribution in [1.82, 2.24) is 4.57 Å². The van der Waals surface area contributed by atoms with E-state index in [9.17, 15) is 9.59 Å². The van der Waals surface area contributed by atoms with Gasteiger partial charge in [-0.2, -0.15) is 0 Å². The van der Waals surface area contributed by atoms with E-state index in [4.69, 9.17) is 4.74 Å². The van der Waals surface area contributed by atoms with Crippen molar-refractivity contribution in [3.05, 3.63) is 77.0 Å². The van der Waals surface area contributed by atoms with Crippen LogP contribution < -0.4 is 5.32 Å². The van der Waals surface area contributed by atoms with E-state index in [1.165, 1.54) is 5.56 Å². The van der Waals surface area contributed by atoms with Crippen molar-refractivity contribution in [1.29, 1.82) is 0 Å². The van der Waals surface area contributed by atoms with Crippen LogP contribution in [0.3, 0.4) is 0 Å². The van der Waals surface area contributed by atoms with Gasteiger partial charge in [-0.15, -0.1) is 0 Å². The second kappa shape index (κ2) is 10.1. The SMILES string of the molecule is CCOC(=O)c1cc(-c2ccc(C)cc2)n(CCCC(=O)Nc2cc(C)cc(C)c2)c1. The molecule has 0 fully saturated rings. The van der Waals surface area contributed by atoms with E-state index in [1.807, 2.05) is 74.0 Å². The molecule has 0 atom stereocenters. The molecule has 0 bridgehead atoms. The largest absolute Gasteiger partial charge is 0.462 e. The molecule has 162 valence electrons. The highest BCUT2D eigenvalue weighted by molar-refractivity contribution is 5.91. The molecule has 0 saturated carbocycles. The molecule has 5 nitrogen and oxygen atoms in total. The molecule has 1 heterocycles. The highest BCUT2D eigenvalue weighted by Gasteiger charge is 2.15. The van der Waals surface area contributed by atoms with Crippen molar-refractivity contribution >= 4 is 17.6 Å². The number of carbonyl (C=O) groups excluding carboxylic acids is 2. The first-order valence-corrected chi connectivity index (χ1v) is 10.7. The minimum atomic E-state index is -0.331. The number of hydrogen-bond donors (Lipinski definition) is 1. The summed E-state index contributed by atoms with van der Waals surface area (Å²) in [5.41, 5.74) is 6.74. The maximum Gasteiger partial charge on any atom is 0.339 e. The number of esters is 1. The van der Waals surface area contributed by atoms with Gasteiger partial charge in [0, 0.05) is 30.5 Å². The summed E-state index contributed by atoms with van der Waals surface area (Å²) in [6, 6.07) is 16.1. The van der Waals surface area contributed by atoms with Crippen LogP contribution in [0.4, 0.5) is 5.69 Å². The second-order valence-corrected chi connectivity index (χ2v) is 7.92. The van der Waals surface area contributed by atoms with E-state index >= 15 is 0 Å². The monoisotopic (exact) mass is 418 g/mol. The molecule has 31 heavy (non-hydrogen) atoms. The van der Waals surface area contributed by atoms with Crippen LogP contribution in [0.2, 0.25) is 0 Å². The zero-order valence-electron chi connectivity index (χ0n) is 18.7. The first-order chi connectivity index (χ1) is 14.9. The molecule has 3 aromatic rings. The Kier molecular flexibility index (Phi) is 7.29. The summed E-state index contributed by atoms with van der Waals surface area (Å²) in [5.74, 6) is -0.346. The quantitative estimate of drug-likeness (QED) is 0.479. The Morgan fingerprint density at radius 3 is 2.26 bits per heavy atom. The molecule has 0 aliphatic carbocycles. The molecule has 0 radical (unpaired) electrons. The first kappa shape index (κ1) is 22.3. The number of ether oxygens (including phenoxy) is 1. The zero-order chi connectivity index (χ0) is 22.4. The van der Waals surface area contributed by atoms with Gasteiger partial charge in [0.25, 0.3) is 0 Å². The summed E-state index contributed by atoms with van der Waals surface area (Å²) < 4.78 is 7.19. The number of nitrogens with one attached hydrogen (secondary N) is 1. The molecule has 5 heteroatoms. The van der Waals surface area contributed by atoms with Crippen molar-refractivity contribution in [3.63, 3.8) is 0 Å². The standard InChI is InChI=1S/C26H30N2O3/c1-5-31-26(30)22-16-24(21-10-8-18(2)9-11-21)28(17-22)12-6-7-25(29)27-23-14-19(3)13-20(4)15-23/h8-11,13-17H,5-7,12H2,1-4H3,(H,27,29). The van der Waals surface area contributed by atoms with Gasteiger partial charge in [-0.3, -0.25) is 4.79 Å². The van der Waals surface area contributed by atoms with Crippen molar-refractivity contribution in [3.8, 4) is 11.3 Å². The molecule has 3 rings (SSSR count). The molecule has 1 amide bonds. The van der Waals surface area contributed by atoms with E-state index < -0.39 is 0 Å². The maximum atomic E-state index is 12.4. The molecular weight excluding hydrogens is 388 g/mol. The summed E-state index contributed by atoms with van der Waals surface area (Å²) in [4.78, 5) is 24.7. The van der Waals surface area contributed by atoms with Crippen molar-refractivity contribution in [2.45, 2.75) is 47.1 Å². The lowest BCUT2D eigenvalue weighted by Gasteiger charge is -2.11. The van der Waals surface area contributed by atoms with E-state index in [0.29, 0.717) is 31.6 Å². The van der Waals surface area contributed by atoms with Gasteiger partial charge in [-0.1, -0.05) is 35.9 Å². The van der Waals surface area contributed by atoms with Gasteiger partial charge < -0.3 is 14.6 Å². The fourth-order valence-electron chi connectivity index (χ4n) is 3.67. The molecule has 0 aliphatic rings. The minimum absolute atomic E-state index is 0.0142.